The van der Waals surface area contributed by atoms with Gasteiger partial charge in [0.1, 0.15) is 5.97 Å². The zero-order valence-corrected chi connectivity index (χ0v) is 7.74. The van der Waals surface area contributed by atoms with Gasteiger partial charge in [0.05, 0.1) is 21.1 Å². The minimum atomic E-state index is -2.27. The largest absolute Gasteiger partial charge is 0.544 e. The number of aliphatic carboxylic acids is 1. The van der Waals surface area contributed by atoms with Gasteiger partial charge in [0.2, 0.25) is 5.79 Å². The van der Waals surface area contributed by atoms with E-state index in [9.17, 15) is 9.90 Å². The van der Waals surface area contributed by atoms with Crippen LogP contribution in [0.25, 0.3) is 0 Å². The van der Waals surface area contributed by atoms with Crippen molar-refractivity contribution in [3.63, 3.8) is 0 Å². The van der Waals surface area contributed by atoms with E-state index < -0.39 is 17.8 Å². The molecule has 5 heteroatoms. The van der Waals surface area contributed by atoms with Crippen LogP contribution in [-0.4, -0.2) is 53.6 Å². The molecule has 1 unspecified atom stereocenters. The van der Waals surface area contributed by atoms with Gasteiger partial charge in [0, 0.05) is 0 Å². The van der Waals surface area contributed by atoms with Gasteiger partial charge >= 0.3 is 0 Å². The summed E-state index contributed by atoms with van der Waals surface area (Å²) in [5.41, 5.74) is 0. The second-order valence-electron chi connectivity index (χ2n) is 3.93. The molecule has 1 atom stereocenters. The molecule has 0 rings (SSSR count). The van der Waals surface area contributed by atoms with Gasteiger partial charge in [0.25, 0.3) is 0 Å². The van der Waals surface area contributed by atoms with Crippen LogP contribution in [0.4, 0.5) is 0 Å². The number of carbonyl (C=O) groups excluding carboxylic acids is 1. The van der Waals surface area contributed by atoms with Crippen LogP contribution < -0.4 is 5.11 Å². The van der Waals surface area contributed by atoms with E-state index in [0.717, 1.165) is 6.92 Å². The zero-order chi connectivity index (χ0) is 10.2. The lowest BCUT2D eigenvalue weighted by Crippen LogP contribution is -2.65. The summed E-state index contributed by atoms with van der Waals surface area (Å²) in [6, 6.07) is -1.36. The number of carbonyl (C=O) groups is 1. The van der Waals surface area contributed by atoms with Crippen LogP contribution in [-0.2, 0) is 4.79 Å². The molecule has 0 saturated heterocycles. The number of carboxylic acid groups (broad SMARTS) is 1. The molecule has 12 heavy (non-hydrogen) atoms. The van der Waals surface area contributed by atoms with Gasteiger partial charge in [-0.1, -0.05) is 0 Å². The summed E-state index contributed by atoms with van der Waals surface area (Å²) in [7, 11) is 4.64. The van der Waals surface area contributed by atoms with Crippen molar-refractivity contribution in [2.75, 3.05) is 21.1 Å². The van der Waals surface area contributed by atoms with Gasteiger partial charge in [0.15, 0.2) is 6.04 Å². The Hall–Kier alpha value is -0.650. The third kappa shape index (κ3) is 2.77. The van der Waals surface area contributed by atoms with E-state index in [4.69, 9.17) is 10.2 Å². The predicted octanol–water partition coefficient (Wildman–Crippen LogP) is -2.49. The monoisotopic (exact) mass is 177 g/mol. The highest BCUT2D eigenvalue weighted by Gasteiger charge is 2.41. The zero-order valence-electron chi connectivity index (χ0n) is 7.74. The average molecular weight is 177 g/mol. The minimum Gasteiger partial charge on any atom is -0.544 e. The van der Waals surface area contributed by atoms with Crippen molar-refractivity contribution < 1.29 is 24.6 Å². The molecule has 0 bridgehead atoms. The molecule has 0 spiro atoms. The first kappa shape index (κ1) is 11.4. The summed E-state index contributed by atoms with van der Waals surface area (Å²) < 4.78 is -0.105. The first-order valence-electron chi connectivity index (χ1n) is 3.53. The Kier molecular flexibility index (Phi) is 2.84. The van der Waals surface area contributed by atoms with E-state index in [2.05, 4.69) is 0 Å². The first-order chi connectivity index (χ1) is 5.07. The van der Waals surface area contributed by atoms with E-state index in [-0.39, 0.29) is 4.48 Å². The Morgan fingerprint density at radius 3 is 1.75 bits per heavy atom. The van der Waals surface area contributed by atoms with Gasteiger partial charge in [-0.3, -0.25) is 0 Å². The fraction of sp³-hybridized carbons (Fsp3) is 0.857. The van der Waals surface area contributed by atoms with Crippen molar-refractivity contribution >= 4 is 5.97 Å². The second-order valence-corrected chi connectivity index (χ2v) is 3.93. The summed E-state index contributed by atoms with van der Waals surface area (Å²) in [6.07, 6.45) is 0. The van der Waals surface area contributed by atoms with Crippen LogP contribution in [0.2, 0.25) is 0 Å². The maximum atomic E-state index is 10.5. The van der Waals surface area contributed by atoms with Crippen molar-refractivity contribution in [3.8, 4) is 0 Å². The molecule has 0 amide bonds. The molecule has 0 radical (unpaired) electrons. The molecular formula is C7H15NO4. The van der Waals surface area contributed by atoms with Crippen molar-refractivity contribution in [2.45, 2.75) is 18.8 Å². The molecule has 0 fully saturated rings. The van der Waals surface area contributed by atoms with Gasteiger partial charge < -0.3 is 24.6 Å². The third-order valence-electron chi connectivity index (χ3n) is 1.52. The summed E-state index contributed by atoms with van der Waals surface area (Å²) in [4.78, 5) is 10.5. The molecule has 0 saturated carbocycles. The second kappa shape index (κ2) is 3.01. The van der Waals surface area contributed by atoms with Gasteiger partial charge in [-0.2, -0.15) is 0 Å². The maximum absolute atomic E-state index is 10.5. The molecule has 0 aromatic rings. The van der Waals surface area contributed by atoms with Gasteiger partial charge in [-0.15, -0.1) is 0 Å². The van der Waals surface area contributed by atoms with Crippen molar-refractivity contribution in [3.05, 3.63) is 0 Å². The van der Waals surface area contributed by atoms with Crippen LogP contribution in [0.15, 0.2) is 0 Å². The Bertz CT molecular complexity index is 163. The minimum absolute atomic E-state index is 0.105. The molecule has 5 nitrogen and oxygen atoms in total. The topological polar surface area (TPSA) is 80.6 Å². The highest BCUT2D eigenvalue weighted by atomic mass is 16.5. The molecule has 0 aromatic heterocycles. The lowest BCUT2D eigenvalue weighted by Gasteiger charge is -2.39. The molecule has 0 aromatic carbocycles. The summed E-state index contributed by atoms with van der Waals surface area (Å²) >= 11 is 0. The fourth-order valence-electron chi connectivity index (χ4n) is 1.27. The van der Waals surface area contributed by atoms with Crippen LogP contribution in [0.5, 0.6) is 0 Å². The number of carboxylic acids is 1. The Balaban J connectivity index is 4.82. The number of aliphatic hydroxyl groups is 2. The number of nitrogens with zero attached hydrogens (tertiary/aromatic N) is 1. The normalized spacial score (nSPS) is 15.8. The van der Waals surface area contributed by atoms with E-state index >= 15 is 0 Å². The lowest BCUT2D eigenvalue weighted by molar-refractivity contribution is -0.900. The number of quaternary nitrogens is 1. The Morgan fingerprint density at radius 1 is 1.42 bits per heavy atom. The van der Waals surface area contributed by atoms with E-state index in [1.165, 1.54) is 0 Å². The fourth-order valence-corrected chi connectivity index (χ4v) is 1.27. The maximum Gasteiger partial charge on any atom is 0.219 e. The molecule has 0 aliphatic heterocycles. The highest BCUT2D eigenvalue weighted by molar-refractivity contribution is 5.71. The van der Waals surface area contributed by atoms with E-state index in [1.54, 1.807) is 21.1 Å². The van der Waals surface area contributed by atoms with Crippen molar-refractivity contribution in [1.29, 1.82) is 0 Å². The predicted molar refractivity (Wildman–Crippen MR) is 39.7 cm³/mol. The molecule has 0 aliphatic carbocycles. The van der Waals surface area contributed by atoms with Crippen LogP contribution >= 0.6 is 0 Å². The SMILES string of the molecule is CC(O)(O)C(C(=O)[O-])[N+](C)(C)C. The lowest BCUT2D eigenvalue weighted by atomic mass is 10.1. The quantitative estimate of drug-likeness (QED) is 0.369. The number of hydrogen-bond donors (Lipinski definition) is 2. The van der Waals surface area contributed by atoms with Gasteiger partial charge in [-0.25, -0.2) is 0 Å². The van der Waals surface area contributed by atoms with Gasteiger partial charge in [-0.05, 0) is 6.92 Å². The molecule has 2 N–H and O–H groups in total. The van der Waals surface area contributed by atoms with Crippen LogP contribution in [0, 0.1) is 0 Å². The summed E-state index contributed by atoms with van der Waals surface area (Å²) in [5, 5.41) is 28.8. The molecule has 72 valence electrons. The highest BCUT2D eigenvalue weighted by Crippen LogP contribution is 2.14. The number of hydrogen-bond acceptors (Lipinski definition) is 4. The van der Waals surface area contributed by atoms with Crippen LogP contribution in [0.1, 0.15) is 6.92 Å². The third-order valence-corrected chi connectivity index (χ3v) is 1.52. The smallest absolute Gasteiger partial charge is 0.219 e. The number of rotatable bonds is 3. The molecular weight excluding hydrogens is 162 g/mol. The van der Waals surface area contributed by atoms with Crippen LogP contribution in [0.3, 0.4) is 0 Å². The van der Waals surface area contributed by atoms with Crippen molar-refractivity contribution in [1.82, 2.24) is 0 Å². The first-order valence-corrected chi connectivity index (χ1v) is 3.53. The Morgan fingerprint density at radius 2 is 1.75 bits per heavy atom. The molecule has 0 aliphatic rings. The number of likely N-dealkylation sites (N-methyl/N-ethyl adjacent to an activating group) is 1. The summed E-state index contributed by atoms with van der Waals surface area (Å²) in [5.74, 6) is -3.74. The Labute approximate surface area is 71.4 Å². The summed E-state index contributed by atoms with van der Waals surface area (Å²) in [6.45, 7) is 1.02. The van der Waals surface area contributed by atoms with Crippen molar-refractivity contribution in [2.24, 2.45) is 0 Å². The van der Waals surface area contributed by atoms with E-state index in [1.807, 2.05) is 0 Å². The average Bonchev–Trinajstić information content (AvgIpc) is 1.49. The van der Waals surface area contributed by atoms with E-state index in [0.29, 0.717) is 0 Å². The molecule has 0 heterocycles. The standard InChI is InChI=1S/C7H15NO4/c1-7(11,12)5(6(9)10)8(2,3)4/h5,11-12H,1-4H3.